The summed E-state index contributed by atoms with van der Waals surface area (Å²) in [5, 5.41) is 12.8. The molecule has 0 bridgehead atoms. The zero-order valence-electron chi connectivity index (χ0n) is 11.3. The highest BCUT2D eigenvalue weighted by atomic mass is 19.1. The van der Waals surface area contributed by atoms with Crippen LogP contribution in [0.3, 0.4) is 0 Å². The van der Waals surface area contributed by atoms with E-state index in [-0.39, 0.29) is 11.4 Å². The smallest absolute Gasteiger partial charge is 0.123 e. The summed E-state index contributed by atoms with van der Waals surface area (Å²) in [6.45, 7) is 2.66. The van der Waals surface area contributed by atoms with Crippen molar-refractivity contribution in [3.8, 4) is 6.07 Å². The molecule has 2 rings (SSSR count). The number of rotatable bonds is 4. The minimum Gasteiger partial charge on any atom is -0.306 e. The number of halogens is 1. The van der Waals surface area contributed by atoms with Crippen LogP contribution in [0.25, 0.3) is 0 Å². The van der Waals surface area contributed by atoms with Crippen molar-refractivity contribution < 1.29 is 4.39 Å². The molecule has 0 unspecified atom stereocenters. The molecule has 1 fully saturated rings. The molecule has 1 aliphatic heterocycles. The fourth-order valence-electron chi connectivity index (χ4n) is 2.43. The summed E-state index contributed by atoms with van der Waals surface area (Å²) in [4.78, 5) is 2.25. The van der Waals surface area contributed by atoms with Crippen molar-refractivity contribution in [2.45, 2.75) is 24.8 Å². The van der Waals surface area contributed by atoms with E-state index >= 15 is 0 Å². The fraction of sp³-hybridized carbons (Fsp3) is 0.533. The minimum atomic E-state index is -0.382. The van der Waals surface area contributed by atoms with E-state index in [1.54, 1.807) is 12.1 Å². The van der Waals surface area contributed by atoms with Crippen LogP contribution in [-0.2, 0) is 6.42 Å². The van der Waals surface area contributed by atoms with Crippen LogP contribution in [0.1, 0.15) is 18.4 Å². The van der Waals surface area contributed by atoms with E-state index < -0.39 is 0 Å². The van der Waals surface area contributed by atoms with Crippen molar-refractivity contribution in [1.82, 2.24) is 10.2 Å². The lowest BCUT2D eigenvalue weighted by Gasteiger charge is -2.36. The van der Waals surface area contributed by atoms with Crippen LogP contribution in [0, 0.1) is 17.1 Å². The van der Waals surface area contributed by atoms with Gasteiger partial charge >= 0.3 is 0 Å². The van der Waals surface area contributed by atoms with Crippen molar-refractivity contribution in [1.29, 1.82) is 5.26 Å². The number of benzene rings is 1. The molecule has 1 aromatic rings. The van der Waals surface area contributed by atoms with Gasteiger partial charge in [0.05, 0.1) is 6.07 Å². The van der Waals surface area contributed by atoms with Crippen LogP contribution in [-0.4, -0.2) is 37.1 Å². The van der Waals surface area contributed by atoms with E-state index in [2.05, 4.69) is 23.3 Å². The van der Waals surface area contributed by atoms with Gasteiger partial charge in [-0.25, -0.2) is 4.39 Å². The highest BCUT2D eigenvalue weighted by molar-refractivity contribution is 5.17. The number of nitrogens with one attached hydrogen (secondary N) is 1. The zero-order chi connectivity index (χ0) is 13.7. The Labute approximate surface area is 114 Å². The maximum absolute atomic E-state index is 12.8. The molecule has 0 aliphatic carbocycles. The molecule has 4 heteroatoms. The quantitative estimate of drug-likeness (QED) is 0.900. The topological polar surface area (TPSA) is 39.1 Å². The Balaban J connectivity index is 1.84. The first-order chi connectivity index (χ1) is 9.13. The highest BCUT2D eigenvalue weighted by Gasteiger charge is 2.32. The Kier molecular flexibility index (Phi) is 4.52. The lowest BCUT2D eigenvalue weighted by molar-refractivity contribution is 0.196. The molecule has 1 aliphatic rings. The molecule has 102 valence electrons. The highest BCUT2D eigenvalue weighted by Crippen LogP contribution is 2.20. The molecule has 0 saturated carbocycles. The Hall–Kier alpha value is -1.44. The number of nitriles is 1. The predicted molar refractivity (Wildman–Crippen MR) is 73.2 cm³/mol. The molecule has 1 heterocycles. The Morgan fingerprint density at radius 2 is 1.95 bits per heavy atom. The van der Waals surface area contributed by atoms with Crippen molar-refractivity contribution >= 4 is 0 Å². The van der Waals surface area contributed by atoms with E-state index in [1.807, 2.05) is 0 Å². The third-order valence-electron chi connectivity index (χ3n) is 3.84. The van der Waals surface area contributed by atoms with Gasteiger partial charge in [-0.2, -0.15) is 5.26 Å². The molecular formula is C15H20FN3. The SMILES string of the molecule is CN1CCC(C#N)(NCCc2ccc(F)cc2)CC1. The van der Waals surface area contributed by atoms with Crippen LogP contribution in [0.4, 0.5) is 4.39 Å². The van der Waals surface area contributed by atoms with Crippen molar-refractivity contribution in [3.63, 3.8) is 0 Å². The van der Waals surface area contributed by atoms with Gasteiger partial charge in [-0.15, -0.1) is 0 Å². The third kappa shape index (κ3) is 3.76. The second-order valence-electron chi connectivity index (χ2n) is 5.30. The van der Waals surface area contributed by atoms with E-state index in [0.29, 0.717) is 0 Å². The van der Waals surface area contributed by atoms with E-state index in [0.717, 1.165) is 44.5 Å². The number of piperidine rings is 1. The molecular weight excluding hydrogens is 241 g/mol. The number of hydrogen-bond donors (Lipinski definition) is 1. The Bertz CT molecular complexity index is 441. The van der Waals surface area contributed by atoms with E-state index in [9.17, 15) is 9.65 Å². The van der Waals surface area contributed by atoms with Gasteiger partial charge < -0.3 is 4.90 Å². The first kappa shape index (κ1) is 14.0. The summed E-state index contributed by atoms with van der Waals surface area (Å²) in [6.07, 6.45) is 2.55. The Morgan fingerprint density at radius 1 is 1.32 bits per heavy atom. The second kappa shape index (κ2) is 6.14. The normalized spacial score (nSPS) is 19.0. The standard InChI is InChI=1S/C15H20FN3/c1-19-10-7-15(12-17,8-11-19)18-9-6-13-2-4-14(16)5-3-13/h2-5,18H,6-11H2,1H3. The minimum absolute atomic E-state index is 0.208. The molecule has 0 radical (unpaired) electrons. The van der Waals surface area contributed by atoms with Crippen LogP contribution < -0.4 is 5.32 Å². The van der Waals surface area contributed by atoms with Gasteiger partial charge in [0.25, 0.3) is 0 Å². The maximum atomic E-state index is 12.8. The van der Waals surface area contributed by atoms with Crippen molar-refractivity contribution in [2.75, 3.05) is 26.7 Å². The summed E-state index contributed by atoms with van der Waals surface area (Å²) in [7, 11) is 2.08. The summed E-state index contributed by atoms with van der Waals surface area (Å²) < 4.78 is 12.8. The molecule has 1 saturated heterocycles. The number of hydrogen-bond acceptors (Lipinski definition) is 3. The maximum Gasteiger partial charge on any atom is 0.123 e. The summed E-state index contributed by atoms with van der Waals surface area (Å²) in [5.41, 5.74) is 0.710. The van der Waals surface area contributed by atoms with Crippen LogP contribution in [0.2, 0.25) is 0 Å². The predicted octanol–water partition coefficient (Wildman–Crippen LogP) is 1.95. The van der Waals surface area contributed by atoms with E-state index in [4.69, 9.17) is 0 Å². The molecule has 0 atom stereocenters. The van der Waals surface area contributed by atoms with Gasteiger partial charge in [0.1, 0.15) is 11.4 Å². The molecule has 19 heavy (non-hydrogen) atoms. The zero-order valence-corrected chi connectivity index (χ0v) is 11.3. The average molecular weight is 261 g/mol. The third-order valence-corrected chi connectivity index (χ3v) is 3.84. The molecule has 0 spiro atoms. The summed E-state index contributed by atoms with van der Waals surface area (Å²) in [6, 6.07) is 8.98. The number of likely N-dealkylation sites (tertiary alicyclic amines) is 1. The first-order valence-electron chi connectivity index (χ1n) is 6.73. The summed E-state index contributed by atoms with van der Waals surface area (Å²) in [5.74, 6) is -0.208. The van der Waals surface area contributed by atoms with Crippen LogP contribution >= 0.6 is 0 Å². The van der Waals surface area contributed by atoms with E-state index in [1.165, 1.54) is 12.1 Å². The largest absolute Gasteiger partial charge is 0.306 e. The van der Waals surface area contributed by atoms with Gasteiger partial charge in [0.2, 0.25) is 0 Å². The van der Waals surface area contributed by atoms with Gasteiger partial charge in [0.15, 0.2) is 0 Å². The molecule has 3 nitrogen and oxygen atoms in total. The van der Waals surface area contributed by atoms with Gasteiger partial charge in [-0.3, -0.25) is 5.32 Å². The van der Waals surface area contributed by atoms with Crippen LogP contribution in [0.15, 0.2) is 24.3 Å². The lowest BCUT2D eigenvalue weighted by atomic mass is 9.89. The Morgan fingerprint density at radius 3 is 2.53 bits per heavy atom. The fourth-order valence-corrected chi connectivity index (χ4v) is 2.43. The van der Waals surface area contributed by atoms with Crippen LogP contribution in [0.5, 0.6) is 0 Å². The monoisotopic (exact) mass is 261 g/mol. The molecule has 0 aromatic heterocycles. The second-order valence-corrected chi connectivity index (χ2v) is 5.30. The van der Waals surface area contributed by atoms with Gasteiger partial charge in [-0.05, 0) is 44.0 Å². The number of nitrogens with zero attached hydrogens (tertiary/aromatic N) is 2. The lowest BCUT2D eigenvalue weighted by Crippen LogP contribution is -2.52. The molecule has 0 amide bonds. The van der Waals surface area contributed by atoms with Gasteiger partial charge in [0, 0.05) is 19.6 Å². The summed E-state index contributed by atoms with van der Waals surface area (Å²) >= 11 is 0. The first-order valence-corrected chi connectivity index (χ1v) is 6.73. The van der Waals surface area contributed by atoms with Crippen molar-refractivity contribution in [3.05, 3.63) is 35.6 Å². The molecule has 1 N–H and O–H groups in total. The molecule has 1 aromatic carbocycles. The average Bonchev–Trinajstić information content (AvgIpc) is 2.44. The van der Waals surface area contributed by atoms with Gasteiger partial charge in [-0.1, -0.05) is 12.1 Å². The van der Waals surface area contributed by atoms with Crippen molar-refractivity contribution in [2.24, 2.45) is 0 Å².